The number of nitrogens with one attached hydrogen (secondary N) is 1. The van der Waals surface area contributed by atoms with Gasteiger partial charge in [0.25, 0.3) is 0 Å². The number of carboxylic acid groups (broad SMARTS) is 1. The van der Waals surface area contributed by atoms with Gasteiger partial charge < -0.3 is 15.2 Å². The minimum atomic E-state index is -1.01. The number of carbonyl (C=O) groups is 2. The van der Waals surface area contributed by atoms with Crippen molar-refractivity contribution in [2.24, 2.45) is 11.3 Å². The van der Waals surface area contributed by atoms with Gasteiger partial charge in [0, 0.05) is 0 Å². The summed E-state index contributed by atoms with van der Waals surface area (Å²) in [4.78, 5) is 23.0. The van der Waals surface area contributed by atoms with Crippen LogP contribution in [0.5, 0.6) is 0 Å². The number of aliphatic carboxylic acids is 1. The van der Waals surface area contributed by atoms with Crippen molar-refractivity contribution in [1.82, 2.24) is 5.32 Å². The lowest BCUT2D eigenvalue weighted by Crippen LogP contribution is -2.45. The van der Waals surface area contributed by atoms with Crippen LogP contribution in [0.15, 0.2) is 30.3 Å². The largest absolute Gasteiger partial charge is 0.480 e. The molecule has 2 N–H and O–H groups in total. The number of alkyl carbamates (subject to hydrolysis) is 1. The average Bonchev–Trinajstić information content (AvgIpc) is 2.43. The van der Waals surface area contributed by atoms with Crippen molar-refractivity contribution in [3.8, 4) is 0 Å². The van der Waals surface area contributed by atoms with Crippen LogP contribution in [-0.4, -0.2) is 23.2 Å². The highest BCUT2D eigenvalue weighted by atomic mass is 16.5. The van der Waals surface area contributed by atoms with Crippen LogP contribution in [0, 0.1) is 11.3 Å². The van der Waals surface area contributed by atoms with Crippen LogP contribution in [0.2, 0.25) is 0 Å². The van der Waals surface area contributed by atoms with E-state index in [0.29, 0.717) is 17.8 Å². The maximum absolute atomic E-state index is 11.7. The molecule has 1 amide bonds. The molecule has 0 bridgehead atoms. The molecule has 2 rings (SSSR count). The third-order valence-electron chi connectivity index (χ3n) is 4.05. The molecule has 22 heavy (non-hydrogen) atoms. The fourth-order valence-electron chi connectivity index (χ4n) is 3.13. The van der Waals surface area contributed by atoms with E-state index in [9.17, 15) is 14.7 Å². The fraction of sp³-hybridized carbons (Fsp3) is 0.529. The Labute approximate surface area is 130 Å². The van der Waals surface area contributed by atoms with E-state index < -0.39 is 18.1 Å². The molecule has 5 heteroatoms. The number of hydrogen-bond donors (Lipinski definition) is 2. The van der Waals surface area contributed by atoms with Gasteiger partial charge in [-0.1, -0.05) is 44.2 Å². The summed E-state index contributed by atoms with van der Waals surface area (Å²) in [5.74, 6) is -0.660. The number of hydrogen-bond acceptors (Lipinski definition) is 3. The first-order valence-electron chi connectivity index (χ1n) is 7.56. The standard InChI is InChI=1S/C17H23NO4/c1-17(2)9-13(10-17)8-14(15(19)20)18-16(21)22-11-12-6-4-3-5-7-12/h3-7,13-14H,8-11H2,1-2H3,(H,18,21)(H,19,20)/t14-/m1/s1. The zero-order chi connectivity index (χ0) is 16.2. The Kier molecular flexibility index (Phi) is 5.06. The van der Waals surface area contributed by atoms with Gasteiger partial charge in [-0.3, -0.25) is 0 Å². The predicted molar refractivity (Wildman–Crippen MR) is 82.3 cm³/mol. The zero-order valence-corrected chi connectivity index (χ0v) is 13.0. The minimum Gasteiger partial charge on any atom is -0.480 e. The molecule has 0 heterocycles. The van der Waals surface area contributed by atoms with Crippen LogP contribution >= 0.6 is 0 Å². The van der Waals surface area contributed by atoms with Gasteiger partial charge in [0.1, 0.15) is 12.6 Å². The number of amides is 1. The maximum atomic E-state index is 11.7. The molecule has 0 aromatic heterocycles. The summed E-state index contributed by atoms with van der Waals surface area (Å²) in [5.41, 5.74) is 1.16. The molecule has 0 spiro atoms. The Hall–Kier alpha value is -2.04. The summed E-state index contributed by atoms with van der Waals surface area (Å²) in [5, 5.41) is 11.7. The summed E-state index contributed by atoms with van der Waals surface area (Å²) in [7, 11) is 0. The van der Waals surface area contributed by atoms with E-state index in [1.807, 2.05) is 30.3 Å². The third kappa shape index (κ3) is 4.76. The first-order chi connectivity index (χ1) is 10.4. The molecule has 120 valence electrons. The van der Waals surface area contributed by atoms with Crippen LogP contribution in [-0.2, 0) is 16.1 Å². The van der Waals surface area contributed by atoms with Crippen molar-refractivity contribution in [3.05, 3.63) is 35.9 Å². The first-order valence-corrected chi connectivity index (χ1v) is 7.56. The van der Waals surface area contributed by atoms with Crippen molar-refractivity contribution in [1.29, 1.82) is 0 Å². The summed E-state index contributed by atoms with van der Waals surface area (Å²) >= 11 is 0. The lowest BCUT2D eigenvalue weighted by atomic mass is 9.63. The molecular weight excluding hydrogens is 282 g/mol. The first kappa shape index (κ1) is 16.3. The van der Waals surface area contributed by atoms with Crippen molar-refractivity contribution in [2.75, 3.05) is 0 Å². The number of carbonyl (C=O) groups excluding carboxylic acids is 1. The van der Waals surface area contributed by atoms with Gasteiger partial charge in [-0.25, -0.2) is 9.59 Å². The Morgan fingerprint density at radius 3 is 2.50 bits per heavy atom. The van der Waals surface area contributed by atoms with Crippen LogP contribution in [0.4, 0.5) is 4.79 Å². The van der Waals surface area contributed by atoms with Crippen molar-refractivity contribution < 1.29 is 19.4 Å². The van der Waals surface area contributed by atoms with Crippen molar-refractivity contribution in [2.45, 2.75) is 45.8 Å². The van der Waals surface area contributed by atoms with E-state index in [1.165, 1.54) is 0 Å². The number of ether oxygens (including phenoxy) is 1. The maximum Gasteiger partial charge on any atom is 0.408 e. The zero-order valence-electron chi connectivity index (χ0n) is 13.0. The van der Waals surface area contributed by atoms with E-state index in [-0.39, 0.29) is 6.61 Å². The van der Waals surface area contributed by atoms with E-state index >= 15 is 0 Å². The fourth-order valence-corrected chi connectivity index (χ4v) is 3.13. The molecule has 1 atom stereocenters. The molecule has 0 aliphatic heterocycles. The van der Waals surface area contributed by atoms with Crippen molar-refractivity contribution >= 4 is 12.1 Å². The van der Waals surface area contributed by atoms with Gasteiger partial charge in [-0.05, 0) is 36.2 Å². The lowest BCUT2D eigenvalue weighted by molar-refractivity contribution is -0.140. The Morgan fingerprint density at radius 1 is 1.32 bits per heavy atom. The van der Waals surface area contributed by atoms with E-state index in [2.05, 4.69) is 19.2 Å². The number of carboxylic acids is 1. The van der Waals surface area contributed by atoms with Crippen LogP contribution in [0.1, 0.15) is 38.7 Å². The van der Waals surface area contributed by atoms with Gasteiger partial charge in [0.2, 0.25) is 0 Å². The molecule has 0 radical (unpaired) electrons. The van der Waals surface area contributed by atoms with Crippen LogP contribution < -0.4 is 5.32 Å². The summed E-state index contributed by atoms with van der Waals surface area (Å²) in [6.07, 6.45) is 1.77. The highest BCUT2D eigenvalue weighted by Gasteiger charge is 2.38. The summed E-state index contributed by atoms with van der Waals surface area (Å²) < 4.78 is 5.07. The predicted octanol–water partition coefficient (Wildman–Crippen LogP) is 3.19. The van der Waals surface area contributed by atoms with Crippen molar-refractivity contribution in [3.63, 3.8) is 0 Å². The molecular formula is C17H23NO4. The van der Waals surface area contributed by atoms with E-state index in [1.54, 1.807) is 0 Å². The average molecular weight is 305 g/mol. The summed E-state index contributed by atoms with van der Waals surface area (Å²) in [6.45, 7) is 4.47. The Balaban J connectivity index is 1.78. The minimum absolute atomic E-state index is 0.134. The molecule has 1 aliphatic carbocycles. The molecule has 1 aliphatic rings. The molecule has 1 fully saturated rings. The SMILES string of the molecule is CC1(C)CC(C[C@@H](NC(=O)OCc2ccccc2)C(=O)O)C1. The van der Waals surface area contributed by atoms with Gasteiger partial charge in [0.15, 0.2) is 0 Å². The van der Waals surface area contributed by atoms with Crippen LogP contribution in [0.25, 0.3) is 0 Å². The Bertz CT molecular complexity index is 519. The van der Waals surface area contributed by atoms with Gasteiger partial charge in [0.05, 0.1) is 0 Å². The number of benzene rings is 1. The second kappa shape index (κ2) is 6.81. The molecule has 0 unspecified atom stereocenters. The third-order valence-corrected chi connectivity index (χ3v) is 4.05. The van der Waals surface area contributed by atoms with Gasteiger partial charge in [-0.2, -0.15) is 0 Å². The molecule has 1 saturated carbocycles. The molecule has 1 aromatic rings. The smallest absolute Gasteiger partial charge is 0.408 e. The van der Waals surface area contributed by atoms with E-state index in [0.717, 1.165) is 18.4 Å². The quantitative estimate of drug-likeness (QED) is 0.846. The van der Waals surface area contributed by atoms with E-state index in [4.69, 9.17) is 4.74 Å². The van der Waals surface area contributed by atoms with Gasteiger partial charge >= 0.3 is 12.1 Å². The Morgan fingerprint density at radius 2 is 1.95 bits per heavy atom. The lowest BCUT2D eigenvalue weighted by Gasteiger charge is -2.43. The molecule has 0 saturated heterocycles. The van der Waals surface area contributed by atoms with Crippen LogP contribution in [0.3, 0.4) is 0 Å². The summed E-state index contributed by atoms with van der Waals surface area (Å²) in [6, 6.07) is 8.40. The molecule has 5 nitrogen and oxygen atoms in total. The van der Waals surface area contributed by atoms with Gasteiger partial charge in [-0.15, -0.1) is 0 Å². The topological polar surface area (TPSA) is 75.6 Å². The molecule has 1 aromatic carbocycles. The number of rotatable bonds is 6. The normalized spacial score (nSPS) is 18.1. The second-order valence-corrected chi connectivity index (χ2v) is 6.77. The monoisotopic (exact) mass is 305 g/mol. The second-order valence-electron chi connectivity index (χ2n) is 6.77. The highest BCUT2D eigenvalue weighted by Crippen LogP contribution is 2.46. The highest BCUT2D eigenvalue weighted by molar-refractivity contribution is 5.79.